The van der Waals surface area contributed by atoms with Gasteiger partial charge in [0.25, 0.3) is 11.7 Å². The number of amides is 1. The van der Waals surface area contributed by atoms with Crippen molar-refractivity contribution in [3.63, 3.8) is 0 Å². The number of ether oxygens (including phenoxy) is 2. The van der Waals surface area contributed by atoms with Crippen molar-refractivity contribution < 1.29 is 24.2 Å². The van der Waals surface area contributed by atoms with Crippen LogP contribution in [0.3, 0.4) is 0 Å². The van der Waals surface area contributed by atoms with Crippen LogP contribution >= 0.6 is 0 Å². The highest BCUT2D eigenvalue weighted by Crippen LogP contribution is 2.42. The van der Waals surface area contributed by atoms with Crippen LogP contribution in [0.2, 0.25) is 0 Å². The Hall–Kier alpha value is -3.58. The molecule has 2 aromatic carbocycles. The molecule has 1 atom stereocenters. The molecule has 0 radical (unpaired) electrons. The number of carbonyl (C=O) groups excluding carboxylic acids is 2. The molecule has 0 aromatic heterocycles. The van der Waals surface area contributed by atoms with Crippen LogP contribution in [-0.2, 0) is 9.59 Å². The van der Waals surface area contributed by atoms with Crippen molar-refractivity contribution in [1.29, 1.82) is 0 Å². The normalized spacial score (nSPS) is 17.2. The quantitative estimate of drug-likeness (QED) is 0.224. The van der Waals surface area contributed by atoms with Crippen LogP contribution in [0.5, 0.6) is 11.5 Å². The molecule has 1 fully saturated rings. The largest absolute Gasteiger partial charge is 0.507 e. The van der Waals surface area contributed by atoms with Gasteiger partial charge in [-0.05, 0) is 58.6 Å². The predicted octanol–water partition coefficient (Wildman–Crippen LogP) is 4.33. The van der Waals surface area contributed by atoms with E-state index < -0.39 is 17.7 Å². The summed E-state index contributed by atoms with van der Waals surface area (Å²) < 4.78 is 11.5. The second-order valence-electron chi connectivity index (χ2n) is 8.75. The number of carbonyl (C=O) groups is 2. The number of ketones is 1. The molecule has 0 saturated carbocycles. The highest BCUT2D eigenvalue weighted by atomic mass is 16.5. The first kappa shape index (κ1) is 26.0. The average molecular weight is 479 g/mol. The minimum atomic E-state index is -0.744. The summed E-state index contributed by atoms with van der Waals surface area (Å²) in [5.74, 6) is -0.455. The Labute approximate surface area is 207 Å². The Morgan fingerprint density at radius 3 is 2.46 bits per heavy atom. The zero-order valence-electron chi connectivity index (χ0n) is 20.9. The number of hydrogen-bond donors (Lipinski definition) is 1. The lowest BCUT2D eigenvalue weighted by Crippen LogP contribution is -2.32. The third kappa shape index (κ3) is 5.92. The van der Waals surface area contributed by atoms with Crippen LogP contribution in [-0.4, -0.2) is 67.0 Å². The first-order valence-corrected chi connectivity index (χ1v) is 11.8. The number of aliphatic hydroxyl groups is 1. The summed E-state index contributed by atoms with van der Waals surface area (Å²) in [4.78, 5) is 29.9. The summed E-state index contributed by atoms with van der Waals surface area (Å²) >= 11 is 0. The minimum Gasteiger partial charge on any atom is -0.507 e. The van der Waals surface area contributed by atoms with Gasteiger partial charge in [0.15, 0.2) is 11.5 Å². The summed E-state index contributed by atoms with van der Waals surface area (Å²) in [5, 5.41) is 11.2. The number of aliphatic hydroxyl groups excluding tert-OH is 1. The molecule has 186 valence electrons. The van der Waals surface area contributed by atoms with Crippen molar-refractivity contribution in [2.75, 3.05) is 40.4 Å². The molecule has 7 heteroatoms. The number of Topliss-reactive ketones (excluding diaryl/α,β-unsaturated/α-hetero) is 1. The molecule has 2 aromatic rings. The lowest BCUT2D eigenvalue weighted by atomic mass is 9.94. The second-order valence-corrected chi connectivity index (χ2v) is 8.75. The van der Waals surface area contributed by atoms with Crippen molar-refractivity contribution in [1.82, 2.24) is 9.80 Å². The summed E-state index contributed by atoms with van der Waals surface area (Å²) in [5.41, 5.74) is 2.25. The van der Waals surface area contributed by atoms with E-state index in [1.807, 2.05) is 45.0 Å². The number of likely N-dealkylation sites (tertiary alicyclic amines) is 1. The van der Waals surface area contributed by atoms with E-state index in [-0.39, 0.29) is 11.3 Å². The molecule has 0 spiro atoms. The van der Waals surface area contributed by atoms with Crippen molar-refractivity contribution in [3.05, 3.63) is 77.4 Å². The minimum absolute atomic E-state index is 0.0749. The van der Waals surface area contributed by atoms with Crippen LogP contribution in [0.1, 0.15) is 36.1 Å². The van der Waals surface area contributed by atoms with Gasteiger partial charge in [-0.2, -0.15) is 0 Å². The second kappa shape index (κ2) is 11.7. The van der Waals surface area contributed by atoms with E-state index in [0.717, 1.165) is 12.1 Å². The molecule has 0 aliphatic carbocycles. The zero-order chi connectivity index (χ0) is 25.5. The zero-order valence-corrected chi connectivity index (χ0v) is 20.9. The predicted molar refractivity (Wildman–Crippen MR) is 137 cm³/mol. The monoisotopic (exact) mass is 478 g/mol. The number of rotatable bonds is 11. The molecular weight excluding hydrogens is 444 g/mol. The Morgan fingerprint density at radius 2 is 1.83 bits per heavy atom. The lowest BCUT2D eigenvalue weighted by molar-refractivity contribution is -0.139. The maximum Gasteiger partial charge on any atom is 0.295 e. The molecular formula is C28H34N2O5. The van der Waals surface area contributed by atoms with Crippen LogP contribution in [0, 0.1) is 6.92 Å². The van der Waals surface area contributed by atoms with Crippen LogP contribution in [0.4, 0.5) is 0 Å². The van der Waals surface area contributed by atoms with Crippen LogP contribution in [0.15, 0.2) is 60.7 Å². The summed E-state index contributed by atoms with van der Waals surface area (Å²) in [6.07, 6.45) is 2.32. The number of nitrogens with zero attached hydrogens (tertiary/aromatic N) is 2. The molecule has 1 aliphatic heterocycles. The highest BCUT2D eigenvalue weighted by molar-refractivity contribution is 6.46. The number of benzene rings is 2. The van der Waals surface area contributed by atoms with Crippen molar-refractivity contribution in [2.24, 2.45) is 0 Å². The Bertz CT molecular complexity index is 1100. The SMILES string of the molecule is C=CCOc1ccc(C2/C(=C(/O)c3ccc(C)cc3)C(=O)C(=O)N2CCCN(C)C)cc1OCC. The fourth-order valence-corrected chi connectivity index (χ4v) is 4.11. The van der Waals surface area contributed by atoms with Gasteiger partial charge in [0.05, 0.1) is 18.2 Å². The molecule has 1 unspecified atom stereocenters. The fourth-order valence-electron chi connectivity index (χ4n) is 4.11. The molecule has 1 saturated heterocycles. The molecule has 7 nitrogen and oxygen atoms in total. The Kier molecular flexibility index (Phi) is 8.71. The first-order chi connectivity index (χ1) is 16.8. The number of hydrogen-bond acceptors (Lipinski definition) is 6. The van der Waals surface area contributed by atoms with Gasteiger partial charge in [-0.15, -0.1) is 0 Å². The van der Waals surface area contributed by atoms with Crippen molar-refractivity contribution in [3.8, 4) is 11.5 Å². The van der Waals surface area contributed by atoms with Gasteiger partial charge in [0.1, 0.15) is 12.4 Å². The summed E-state index contributed by atoms with van der Waals surface area (Å²) in [7, 11) is 3.92. The van der Waals surface area contributed by atoms with E-state index >= 15 is 0 Å². The van der Waals surface area contributed by atoms with Crippen LogP contribution < -0.4 is 9.47 Å². The molecule has 1 aliphatic rings. The van der Waals surface area contributed by atoms with Crippen molar-refractivity contribution in [2.45, 2.75) is 26.3 Å². The maximum absolute atomic E-state index is 13.2. The molecule has 1 amide bonds. The molecule has 0 bridgehead atoms. The lowest BCUT2D eigenvalue weighted by Gasteiger charge is -2.26. The highest BCUT2D eigenvalue weighted by Gasteiger charge is 2.46. The third-order valence-electron chi connectivity index (χ3n) is 5.81. The molecule has 3 rings (SSSR count). The number of aryl methyl sites for hydroxylation is 1. The van der Waals surface area contributed by atoms with Gasteiger partial charge >= 0.3 is 0 Å². The van der Waals surface area contributed by atoms with E-state index in [2.05, 4.69) is 6.58 Å². The maximum atomic E-state index is 13.2. The third-order valence-corrected chi connectivity index (χ3v) is 5.81. The summed E-state index contributed by atoms with van der Waals surface area (Å²) in [6.45, 7) is 9.35. The Morgan fingerprint density at radius 1 is 1.11 bits per heavy atom. The van der Waals surface area contributed by atoms with Crippen LogP contribution in [0.25, 0.3) is 5.76 Å². The van der Waals surface area contributed by atoms with Gasteiger partial charge in [0, 0.05) is 12.1 Å². The van der Waals surface area contributed by atoms with Gasteiger partial charge < -0.3 is 24.4 Å². The van der Waals surface area contributed by atoms with E-state index in [0.29, 0.717) is 48.8 Å². The van der Waals surface area contributed by atoms with E-state index in [1.54, 1.807) is 41.3 Å². The standard InChI is InChI=1S/C28H34N2O5/c1-6-17-35-22-14-13-21(18-23(22)34-7-2)25-24(26(31)20-11-9-19(3)10-12-20)27(32)28(33)30(25)16-8-15-29(4)5/h6,9-14,18,25,31H,1,7-8,15-17H2,2-5H3/b26-24-. The summed E-state index contributed by atoms with van der Waals surface area (Å²) in [6, 6.07) is 11.8. The fraction of sp³-hybridized carbons (Fsp3) is 0.357. The van der Waals surface area contributed by atoms with E-state index in [9.17, 15) is 14.7 Å². The van der Waals surface area contributed by atoms with E-state index in [1.165, 1.54) is 0 Å². The van der Waals surface area contributed by atoms with Gasteiger partial charge in [-0.3, -0.25) is 9.59 Å². The first-order valence-electron chi connectivity index (χ1n) is 11.8. The molecule has 1 heterocycles. The molecule has 1 N–H and O–H groups in total. The Balaban J connectivity index is 2.12. The van der Waals surface area contributed by atoms with E-state index in [4.69, 9.17) is 9.47 Å². The van der Waals surface area contributed by atoms with Gasteiger partial charge in [0.2, 0.25) is 0 Å². The molecule has 35 heavy (non-hydrogen) atoms. The average Bonchev–Trinajstić information content (AvgIpc) is 3.08. The smallest absolute Gasteiger partial charge is 0.295 e. The van der Waals surface area contributed by atoms with Gasteiger partial charge in [-0.25, -0.2) is 0 Å². The van der Waals surface area contributed by atoms with Gasteiger partial charge in [-0.1, -0.05) is 48.6 Å². The topological polar surface area (TPSA) is 79.3 Å². The van der Waals surface area contributed by atoms with Crippen molar-refractivity contribution >= 4 is 17.4 Å².